The Labute approximate surface area is 361 Å². The lowest BCUT2D eigenvalue weighted by Gasteiger charge is -2.31. The molecule has 0 N–H and O–H groups in total. The van der Waals surface area contributed by atoms with Crippen molar-refractivity contribution in [2.45, 2.75) is 0 Å². The molecule has 0 aliphatic carbocycles. The molecule has 0 unspecified atom stereocenters. The SMILES string of the molecule is c1ccc(N(c2ccccc2)c2ccc(-c3ccc4nc5c(N(c6ccccc6)c6ccccc6)c6ccccc6c(N(c6ccccc6)c6ccccc6)c5n4c3)cc2)cc1. The van der Waals surface area contributed by atoms with Crippen LogP contribution in [0.25, 0.3) is 38.6 Å². The fourth-order valence-electron chi connectivity index (χ4n) is 8.74. The lowest BCUT2D eigenvalue weighted by Crippen LogP contribution is -2.14. The topological polar surface area (TPSA) is 27.0 Å². The van der Waals surface area contributed by atoms with Gasteiger partial charge in [-0.05, 0) is 108 Å². The number of nitrogens with zero attached hydrogens (tertiary/aromatic N) is 5. The maximum atomic E-state index is 5.59. The highest BCUT2D eigenvalue weighted by Crippen LogP contribution is 2.51. The van der Waals surface area contributed by atoms with Crippen molar-refractivity contribution < 1.29 is 0 Å². The molecule has 62 heavy (non-hydrogen) atoms. The number of fused-ring (bicyclic) bond motifs is 4. The van der Waals surface area contributed by atoms with Crippen LogP contribution in [0.4, 0.5) is 51.2 Å². The van der Waals surface area contributed by atoms with Gasteiger partial charge in [0.25, 0.3) is 0 Å². The molecule has 0 aliphatic heterocycles. The zero-order valence-electron chi connectivity index (χ0n) is 33.9. The van der Waals surface area contributed by atoms with Crippen LogP contribution in [0.5, 0.6) is 0 Å². The van der Waals surface area contributed by atoms with Crippen molar-refractivity contribution in [3.8, 4) is 11.1 Å². The number of anilines is 9. The number of para-hydroxylation sites is 6. The maximum Gasteiger partial charge on any atom is 0.138 e. The van der Waals surface area contributed by atoms with E-state index in [1.807, 2.05) is 0 Å². The van der Waals surface area contributed by atoms with Crippen molar-refractivity contribution in [3.63, 3.8) is 0 Å². The van der Waals surface area contributed by atoms with Gasteiger partial charge in [-0.25, -0.2) is 4.98 Å². The highest BCUT2D eigenvalue weighted by atomic mass is 15.2. The third-order valence-electron chi connectivity index (χ3n) is 11.5. The fraction of sp³-hybridized carbons (Fsp3) is 0. The first-order chi connectivity index (χ1) is 30.8. The normalized spacial score (nSPS) is 11.2. The van der Waals surface area contributed by atoms with Crippen LogP contribution in [-0.2, 0) is 0 Å². The third-order valence-corrected chi connectivity index (χ3v) is 11.5. The molecular formula is C57H41N5. The summed E-state index contributed by atoms with van der Waals surface area (Å²) in [5, 5.41) is 2.21. The molecule has 0 saturated heterocycles. The van der Waals surface area contributed by atoms with E-state index >= 15 is 0 Å². The molecule has 0 radical (unpaired) electrons. The molecular weight excluding hydrogens is 755 g/mol. The van der Waals surface area contributed by atoms with E-state index < -0.39 is 0 Å². The monoisotopic (exact) mass is 795 g/mol. The standard InChI is InChI=1S/C57H41N5/c1-7-21-44(22-8-1)60(45-23-9-2-10-24-45)50-38-35-42(36-39-50)43-37-40-53-58-54-55(61(46-25-11-3-12-26-46)47-27-13-4-14-28-47)51-33-19-20-34-52(51)56(57(54)59(53)41-43)62(48-29-15-5-16-30-48)49-31-17-6-18-32-49/h1-41H. The van der Waals surface area contributed by atoms with Gasteiger partial charge in [0.2, 0.25) is 0 Å². The number of benzene rings is 9. The largest absolute Gasteiger partial charge is 0.311 e. The molecule has 294 valence electrons. The first kappa shape index (κ1) is 36.7. The van der Waals surface area contributed by atoms with Crippen LogP contribution in [0.15, 0.2) is 249 Å². The van der Waals surface area contributed by atoms with E-state index in [0.29, 0.717) is 0 Å². The minimum atomic E-state index is 0.861. The Morgan fingerprint density at radius 2 is 0.629 bits per heavy atom. The van der Waals surface area contributed by atoms with Crippen molar-refractivity contribution in [1.82, 2.24) is 9.38 Å². The summed E-state index contributed by atoms with van der Waals surface area (Å²) in [6, 6.07) is 85.7. The third kappa shape index (κ3) is 6.59. The van der Waals surface area contributed by atoms with Gasteiger partial charge in [0.05, 0.1) is 16.9 Å². The van der Waals surface area contributed by atoms with Gasteiger partial charge in [0.15, 0.2) is 0 Å². The van der Waals surface area contributed by atoms with Gasteiger partial charge >= 0.3 is 0 Å². The second-order valence-corrected chi connectivity index (χ2v) is 15.3. The van der Waals surface area contributed by atoms with E-state index in [1.54, 1.807) is 0 Å². The van der Waals surface area contributed by atoms with E-state index in [2.05, 4.69) is 268 Å². The van der Waals surface area contributed by atoms with Crippen molar-refractivity contribution >= 4 is 78.6 Å². The molecule has 0 spiro atoms. The molecule has 0 atom stereocenters. The summed E-state index contributed by atoms with van der Waals surface area (Å²) in [6.45, 7) is 0. The van der Waals surface area contributed by atoms with Crippen LogP contribution in [0.2, 0.25) is 0 Å². The number of imidazole rings is 1. The summed E-state index contributed by atoms with van der Waals surface area (Å²) in [7, 11) is 0. The van der Waals surface area contributed by atoms with E-state index in [9.17, 15) is 0 Å². The van der Waals surface area contributed by atoms with E-state index in [1.165, 1.54) is 0 Å². The number of rotatable bonds is 10. The minimum absolute atomic E-state index is 0.861. The molecule has 9 aromatic carbocycles. The molecule has 0 saturated carbocycles. The molecule has 0 bridgehead atoms. The van der Waals surface area contributed by atoms with Crippen molar-refractivity contribution in [2.75, 3.05) is 14.7 Å². The molecule has 0 fully saturated rings. The summed E-state index contributed by atoms with van der Waals surface area (Å²) >= 11 is 0. The highest BCUT2D eigenvalue weighted by Gasteiger charge is 2.28. The number of aromatic nitrogens is 2. The average molecular weight is 796 g/mol. The van der Waals surface area contributed by atoms with Gasteiger partial charge in [-0.2, -0.15) is 0 Å². The minimum Gasteiger partial charge on any atom is -0.311 e. The summed E-state index contributed by atoms with van der Waals surface area (Å²) in [5.41, 5.74) is 14.6. The molecule has 5 heteroatoms. The van der Waals surface area contributed by atoms with Crippen LogP contribution in [-0.4, -0.2) is 9.38 Å². The van der Waals surface area contributed by atoms with E-state index in [-0.39, 0.29) is 0 Å². The van der Waals surface area contributed by atoms with Gasteiger partial charge in [0, 0.05) is 56.8 Å². The molecule has 11 aromatic rings. The highest BCUT2D eigenvalue weighted by molar-refractivity contribution is 6.22. The van der Waals surface area contributed by atoms with Gasteiger partial charge in [-0.1, -0.05) is 146 Å². The van der Waals surface area contributed by atoms with Gasteiger partial charge in [-0.15, -0.1) is 0 Å². The first-order valence-corrected chi connectivity index (χ1v) is 21.0. The predicted molar refractivity (Wildman–Crippen MR) is 260 cm³/mol. The van der Waals surface area contributed by atoms with Gasteiger partial charge in [0.1, 0.15) is 11.2 Å². The predicted octanol–water partition coefficient (Wildman–Crippen LogP) is 15.7. The summed E-state index contributed by atoms with van der Waals surface area (Å²) < 4.78 is 2.30. The van der Waals surface area contributed by atoms with Crippen molar-refractivity contribution in [3.05, 3.63) is 249 Å². The van der Waals surface area contributed by atoms with E-state index in [4.69, 9.17) is 4.98 Å². The number of hydrogen-bond acceptors (Lipinski definition) is 4. The lowest BCUT2D eigenvalue weighted by atomic mass is 10.0. The Balaban J connectivity index is 1.18. The Bertz CT molecular complexity index is 3150. The Morgan fingerprint density at radius 1 is 0.290 bits per heavy atom. The summed E-state index contributed by atoms with van der Waals surface area (Å²) in [4.78, 5) is 12.6. The molecule has 5 nitrogen and oxygen atoms in total. The zero-order valence-corrected chi connectivity index (χ0v) is 33.9. The van der Waals surface area contributed by atoms with E-state index in [0.717, 1.165) is 89.8 Å². The maximum absolute atomic E-state index is 5.59. The Kier molecular flexibility index (Phi) is 9.45. The summed E-state index contributed by atoms with van der Waals surface area (Å²) in [5.74, 6) is 0. The fourth-order valence-corrected chi connectivity index (χ4v) is 8.74. The lowest BCUT2D eigenvalue weighted by molar-refractivity contribution is 1.21. The van der Waals surface area contributed by atoms with Crippen LogP contribution >= 0.6 is 0 Å². The average Bonchev–Trinajstić information content (AvgIpc) is 3.73. The number of hydrogen-bond donors (Lipinski definition) is 0. The Morgan fingerprint density at radius 3 is 1.06 bits per heavy atom. The van der Waals surface area contributed by atoms with Gasteiger partial charge in [-0.3, -0.25) is 4.40 Å². The quantitative estimate of drug-likeness (QED) is 0.129. The van der Waals surface area contributed by atoms with Crippen molar-refractivity contribution in [2.24, 2.45) is 0 Å². The smallest absolute Gasteiger partial charge is 0.138 e. The second-order valence-electron chi connectivity index (χ2n) is 15.3. The Hall–Kier alpha value is -8.41. The molecule has 0 amide bonds. The zero-order chi connectivity index (χ0) is 41.2. The first-order valence-electron chi connectivity index (χ1n) is 21.0. The van der Waals surface area contributed by atoms with Gasteiger partial charge < -0.3 is 14.7 Å². The molecule has 2 heterocycles. The van der Waals surface area contributed by atoms with Crippen LogP contribution in [0.3, 0.4) is 0 Å². The summed E-state index contributed by atoms with van der Waals surface area (Å²) in [6.07, 6.45) is 2.26. The molecule has 0 aliphatic rings. The van der Waals surface area contributed by atoms with Crippen LogP contribution < -0.4 is 14.7 Å². The second kappa shape index (κ2) is 16.0. The van der Waals surface area contributed by atoms with Crippen LogP contribution in [0, 0.1) is 0 Å². The molecule has 11 rings (SSSR count). The van der Waals surface area contributed by atoms with Crippen LogP contribution in [0.1, 0.15) is 0 Å². The van der Waals surface area contributed by atoms with Crippen molar-refractivity contribution in [1.29, 1.82) is 0 Å². The molecule has 2 aromatic heterocycles. The number of pyridine rings is 1.